The Balaban J connectivity index is 1.10. The Bertz CT molecular complexity index is 4270. The van der Waals surface area contributed by atoms with Gasteiger partial charge in [-0.3, -0.25) is 0 Å². The molecule has 0 bridgehead atoms. The first-order valence-corrected chi connectivity index (χ1v) is 21.7. The van der Waals surface area contributed by atoms with E-state index in [0.29, 0.717) is 17.5 Å². The van der Waals surface area contributed by atoms with Crippen LogP contribution in [0, 0.1) is 0 Å². The lowest BCUT2D eigenvalue weighted by Crippen LogP contribution is -2.02. The molecular weight excluding hydrogens is 781 g/mol. The third-order valence-electron chi connectivity index (χ3n) is 13.1. The van der Waals surface area contributed by atoms with Gasteiger partial charge in [0.15, 0.2) is 17.5 Å². The van der Waals surface area contributed by atoms with E-state index in [-0.39, 0.29) is 0 Å². The van der Waals surface area contributed by atoms with E-state index >= 15 is 0 Å². The Hall–Kier alpha value is -8.67. The van der Waals surface area contributed by atoms with Gasteiger partial charge in [0, 0.05) is 32.8 Å². The Kier molecular flexibility index (Phi) is 7.33. The number of fused-ring (bicyclic) bond motifs is 13. The highest BCUT2D eigenvalue weighted by Crippen LogP contribution is 2.44. The van der Waals surface area contributed by atoms with Gasteiger partial charge in [-0.1, -0.05) is 158 Å². The molecule has 5 nitrogen and oxygen atoms in total. The van der Waals surface area contributed by atoms with Crippen LogP contribution in [0.3, 0.4) is 0 Å². The number of hydrogen-bond donors (Lipinski definition) is 0. The summed E-state index contributed by atoms with van der Waals surface area (Å²) in [6.45, 7) is 0. The van der Waals surface area contributed by atoms with Gasteiger partial charge in [0.05, 0.1) is 22.1 Å². The fraction of sp³-hybridized carbons (Fsp3) is 0. The Morgan fingerprint density at radius 3 is 1.72 bits per heavy atom. The SMILES string of the molecule is c1ccc2cc(-c3nc(-c4cc(-n5c6cc7ccccc7cc6c6c7ccccc7ccc65)c5c(c4)oc4ccccc45)nc(-c4cc5ccccc5c5ccccc45)n3)ccc2c1. The normalized spacial score (nSPS) is 12.1. The van der Waals surface area contributed by atoms with Crippen LogP contribution in [0.15, 0.2) is 211 Å². The first-order chi connectivity index (χ1) is 31.7. The maximum atomic E-state index is 6.82. The molecule has 0 radical (unpaired) electrons. The van der Waals surface area contributed by atoms with E-state index in [2.05, 4.69) is 205 Å². The predicted octanol–water partition coefficient (Wildman–Crippen LogP) is 15.6. The molecule has 0 amide bonds. The summed E-state index contributed by atoms with van der Waals surface area (Å²) in [7, 11) is 0. The zero-order valence-corrected chi connectivity index (χ0v) is 34.3. The van der Waals surface area contributed by atoms with Crippen molar-refractivity contribution in [3.05, 3.63) is 206 Å². The van der Waals surface area contributed by atoms with E-state index in [0.717, 1.165) is 82.3 Å². The number of para-hydroxylation sites is 1. The molecule has 3 aromatic heterocycles. The van der Waals surface area contributed by atoms with E-state index in [1.165, 1.54) is 37.7 Å². The third kappa shape index (κ3) is 5.22. The maximum Gasteiger partial charge on any atom is 0.164 e. The fourth-order valence-electron chi connectivity index (χ4n) is 10.2. The van der Waals surface area contributed by atoms with Crippen molar-refractivity contribution >= 4 is 97.6 Å². The average molecular weight is 815 g/mol. The van der Waals surface area contributed by atoms with E-state index in [1.54, 1.807) is 0 Å². The minimum atomic E-state index is 0.561. The molecule has 0 aliphatic carbocycles. The summed E-state index contributed by atoms with van der Waals surface area (Å²) in [6.07, 6.45) is 0. The summed E-state index contributed by atoms with van der Waals surface area (Å²) in [6, 6.07) is 73.4. The summed E-state index contributed by atoms with van der Waals surface area (Å²) in [4.78, 5) is 16.1. The van der Waals surface area contributed by atoms with E-state index in [9.17, 15) is 0 Å². The van der Waals surface area contributed by atoms with Crippen molar-refractivity contribution in [3.63, 3.8) is 0 Å². The summed E-state index contributed by atoms with van der Waals surface area (Å²) >= 11 is 0. The molecule has 0 N–H and O–H groups in total. The van der Waals surface area contributed by atoms with Crippen LogP contribution in [0.2, 0.25) is 0 Å². The second kappa shape index (κ2) is 13.4. The molecule has 11 aromatic carbocycles. The van der Waals surface area contributed by atoms with Crippen molar-refractivity contribution in [3.8, 4) is 39.9 Å². The van der Waals surface area contributed by atoms with Gasteiger partial charge < -0.3 is 8.98 Å². The van der Waals surface area contributed by atoms with Crippen molar-refractivity contribution < 1.29 is 4.42 Å². The molecule has 0 saturated heterocycles. The van der Waals surface area contributed by atoms with Crippen LogP contribution in [-0.4, -0.2) is 19.5 Å². The van der Waals surface area contributed by atoms with Crippen molar-refractivity contribution in [2.24, 2.45) is 0 Å². The second-order valence-corrected chi connectivity index (χ2v) is 16.8. The van der Waals surface area contributed by atoms with Crippen molar-refractivity contribution in [2.75, 3.05) is 0 Å². The Labute approximate surface area is 366 Å². The van der Waals surface area contributed by atoms with E-state index in [4.69, 9.17) is 19.4 Å². The molecule has 14 aromatic rings. The van der Waals surface area contributed by atoms with Crippen LogP contribution in [0.4, 0.5) is 0 Å². The molecule has 0 atom stereocenters. The number of nitrogens with zero attached hydrogens (tertiary/aromatic N) is 4. The molecule has 0 saturated carbocycles. The molecule has 0 fully saturated rings. The average Bonchev–Trinajstić information content (AvgIpc) is 3.90. The quantitative estimate of drug-likeness (QED) is 0.166. The van der Waals surface area contributed by atoms with Crippen LogP contribution in [0.1, 0.15) is 0 Å². The molecule has 0 aliphatic rings. The summed E-state index contributed by atoms with van der Waals surface area (Å²) in [5, 5.41) is 16.1. The molecule has 64 heavy (non-hydrogen) atoms. The maximum absolute atomic E-state index is 6.82. The Morgan fingerprint density at radius 2 is 0.906 bits per heavy atom. The minimum absolute atomic E-state index is 0.561. The number of aromatic nitrogens is 4. The minimum Gasteiger partial charge on any atom is -0.456 e. The lowest BCUT2D eigenvalue weighted by molar-refractivity contribution is 0.669. The number of hydrogen-bond acceptors (Lipinski definition) is 4. The third-order valence-corrected chi connectivity index (χ3v) is 13.1. The van der Waals surface area contributed by atoms with Crippen LogP contribution in [-0.2, 0) is 0 Å². The van der Waals surface area contributed by atoms with Crippen LogP contribution < -0.4 is 0 Å². The standard InChI is InChI=1S/C59H34N4O/c1-2-15-37-29-41(26-25-35(37)13-1)57-60-58(62-59(61-57)48-31-40-18-6-7-19-43(40)45-21-9-10-22-46(45)48)42-33-52(56-47-23-11-12-24-53(47)64-54(56)34-42)63-50-28-27-36-14-5-8-20-44(36)55(50)49-30-38-16-3-4-17-39(38)32-51(49)63/h1-34H. The molecule has 14 rings (SSSR count). The summed E-state index contributed by atoms with van der Waals surface area (Å²) < 4.78 is 9.25. The van der Waals surface area contributed by atoms with Crippen molar-refractivity contribution in [1.82, 2.24) is 19.5 Å². The molecular formula is C59H34N4O. The van der Waals surface area contributed by atoms with Crippen LogP contribution in [0.5, 0.6) is 0 Å². The van der Waals surface area contributed by atoms with Crippen LogP contribution in [0.25, 0.3) is 137 Å². The molecule has 3 heterocycles. The van der Waals surface area contributed by atoms with Gasteiger partial charge >= 0.3 is 0 Å². The molecule has 0 unspecified atom stereocenters. The van der Waals surface area contributed by atoms with Gasteiger partial charge in [-0.2, -0.15) is 0 Å². The summed E-state index contributed by atoms with van der Waals surface area (Å²) in [5.74, 6) is 1.77. The number of benzene rings is 11. The van der Waals surface area contributed by atoms with Crippen molar-refractivity contribution in [1.29, 1.82) is 0 Å². The monoisotopic (exact) mass is 814 g/mol. The topological polar surface area (TPSA) is 56.7 Å². The lowest BCUT2D eigenvalue weighted by atomic mass is 9.97. The fourth-order valence-corrected chi connectivity index (χ4v) is 10.2. The van der Waals surface area contributed by atoms with E-state index < -0.39 is 0 Å². The van der Waals surface area contributed by atoms with Crippen molar-refractivity contribution in [2.45, 2.75) is 0 Å². The molecule has 5 heteroatoms. The first-order valence-electron chi connectivity index (χ1n) is 21.7. The van der Waals surface area contributed by atoms with Gasteiger partial charge in [0.2, 0.25) is 0 Å². The molecule has 0 aliphatic heterocycles. The lowest BCUT2D eigenvalue weighted by Gasteiger charge is -2.14. The molecule has 0 spiro atoms. The highest BCUT2D eigenvalue weighted by Gasteiger charge is 2.23. The van der Waals surface area contributed by atoms with Gasteiger partial charge in [-0.15, -0.1) is 0 Å². The second-order valence-electron chi connectivity index (χ2n) is 16.8. The zero-order chi connectivity index (χ0) is 41.9. The highest BCUT2D eigenvalue weighted by atomic mass is 16.3. The van der Waals surface area contributed by atoms with Gasteiger partial charge in [-0.05, 0) is 102 Å². The first kappa shape index (κ1) is 35.0. The smallest absolute Gasteiger partial charge is 0.164 e. The number of furan rings is 1. The largest absolute Gasteiger partial charge is 0.456 e. The van der Waals surface area contributed by atoms with Gasteiger partial charge in [0.1, 0.15) is 11.2 Å². The molecule has 296 valence electrons. The highest BCUT2D eigenvalue weighted by molar-refractivity contribution is 6.24. The van der Waals surface area contributed by atoms with Crippen LogP contribution >= 0.6 is 0 Å². The van der Waals surface area contributed by atoms with E-state index in [1.807, 2.05) is 6.07 Å². The zero-order valence-electron chi connectivity index (χ0n) is 34.3. The predicted molar refractivity (Wildman–Crippen MR) is 265 cm³/mol. The van der Waals surface area contributed by atoms with Gasteiger partial charge in [-0.25, -0.2) is 15.0 Å². The number of rotatable bonds is 4. The Morgan fingerprint density at radius 1 is 0.312 bits per heavy atom. The summed E-state index contributed by atoms with van der Waals surface area (Å²) in [5.41, 5.74) is 7.50. The van der Waals surface area contributed by atoms with Gasteiger partial charge in [0.25, 0.3) is 0 Å².